The Kier molecular flexibility index (Phi) is 6.36. The maximum absolute atomic E-state index is 5.43. The van der Waals surface area contributed by atoms with Crippen LogP contribution < -0.4 is 10.2 Å². The van der Waals surface area contributed by atoms with Gasteiger partial charge in [0.25, 0.3) is 0 Å². The molecule has 2 fully saturated rings. The number of hydrogen-bond donors (Lipinski definition) is 1. The molecule has 7 heteroatoms. The van der Waals surface area contributed by atoms with E-state index in [1.807, 2.05) is 6.07 Å². The number of anilines is 2. The molecule has 7 nitrogen and oxygen atoms in total. The van der Waals surface area contributed by atoms with Crippen molar-refractivity contribution >= 4 is 11.8 Å². The summed E-state index contributed by atoms with van der Waals surface area (Å²) < 4.78 is 5.43. The summed E-state index contributed by atoms with van der Waals surface area (Å²) in [5, 5.41) is 3.52. The van der Waals surface area contributed by atoms with Gasteiger partial charge < -0.3 is 19.9 Å². The van der Waals surface area contributed by atoms with E-state index in [2.05, 4.69) is 57.4 Å². The van der Waals surface area contributed by atoms with Crippen LogP contribution in [0.3, 0.4) is 0 Å². The number of hydrogen-bond acceptors (Lipinski definition) is 7. The molecule has 28 heavy (non-hydrogen) atoms. The van der Waals surface area contributed by atoms with Crippen molar-refractivity contribution in [1.82, 2.24) is 19.8 Å². The van der Waals surface area contributed by atoms with Crippen LogP contribution in [0, 0.1) is 0 Å². The minimum atomic E-state index is 0.823. The summed E-state index contributed by atoms with van der Waals surface area (Å²) in [4.78, 5) is 16.8. The molecule has 1 N–H and O–H groups in total. The lowest BCUT2D eigenvalue weighted by Gasteiger charge is -2.32. The molecule has 0 unspecified atom stereocenters. The van der Waals surface area contributed by atoms with Crippen LogP contribution in [0.2, 0.25) is 0 Å². The van der Waals surface area contributed by atoms with E-state index in [0.29, 0.717) is 0 Å². The first kappa shape index (κ1) is 19.1. The second-order valence-corrected chi connectivity index (χ2v) is 7.48. The molecule has 2 aliphatic rings. The molecule has 0 atom stereocenters. The van der Waals surface area contributed by atoms with E-state index in [-0.39, 0.29) is 0 Å². The van der Waals surface area contributed by atoms with Crippen LogP contribution in [0.1, 0.15) is 0 Å². The van der Waals surface area contributed by atoms with Crippen LogP contribution in [-0.2, 0) is 4.74 Å². The number of likely N-dealkylation sites (N-methyl/N-ethyl adjacent to an activating group) is 1. The Morgan fingerprint density at radius 3 is 2.46 bits per heavy atom. The highest BCUT2D eigenvalue weighted by molar-refractivity contribution is 5.64. The quantitative estimate of drug-likeness (QED) is 0.815. The van der Waals surface area contributed by atoms with E-state index in [9.17, 15) is 0 Å². The van der Waals surface area contributed by atoms with Crippen molar-refractivity contribution in [3.63, 3.8) is 0 Å². The Balaban J connectivity index is 1.50. The first-order chi connectivity index (χ1) is 13.8. The lowest BCUT2D eigenvalue weighted by Crippen LogP contribution is -2.45. The van der Waals surface area contributed by atoms with Crippen LogP contribution in [0.15, 0.2) is 36.4 Å². The van der Waals surface area contributed by atoms with Gasteiger partial charge in [0.05, 0.1) is 18.9 Å². The Morgan fingerprint density at radius 2 is 1.71 bits per heavy atom. The topological polar surface area (TPSA) is 56.8 Å². The summed E-state index contributed by atoms with van der Waals surface area (Å²) in [6.45, 7) is 9.55. The second-order valence-electron chi connectivity index (χ2n) is 7.48. The van der Waals surface area contributed by atoms with E-state index in [1.54, 1.807) is 0 Å². The number of morpholine rings is 1. The number of piperazine rings is 1. The normalized spacial score (nSPS) is 19.0. The molecule has 150 valence electrons. The Morgan fingerprint density at radius 1 is 0.964 bits per heavy atom. The van der Waals surface area contributed by atoms with Gasteiger partial charge in [0, 0.05) is 64.0 Å². The Labute approximate surface area is 167 Å². The zero-order valence-corrected chi connectivity index (χ0v) is 16.7. The van der Waals surface area contributed by atoms with E-state index >= 15 is 0 Å². The fourth-order valence-electron chi connectivity index (χ4n) is 3.60. The van der Waals surface area contributed by atoms with Gasteiger partial charge >= 0.3 is 0 Å². The molecule has 0 spiro atoms. The van der Waals surface area contributed by atoms with Crippen LogP contribution in [0.5, 0.6) is 0 Å². The van der Waals surface area contributed by atoms with E-state index in [4.69, 9.17) is 14.7 Å². The molecule has 2 aromatic rings. The number of rotatable bonds is 6. The third kappa shape index (κ3) is 4.98. The van der Waals surface area contributed by atoms with Crippen LogP contribution in [-0.4, -0.2) is 92.4 Å². The van der Waals surface area contributed by atoms with Crippen molar-refractivity contribution in [3.05, 3.63) is 36.4 Å². The fourth-order valence-corrected chi connectivity index (χ4v) is 3.60. The summed E-state index contributed by atoms with van der Waals surface area (Å²) in [6.07, 6.45) is 0. The standard InChI is InChI=1S/C21H30N6O/c1-25-9-11-27(12-10-25)21-23-19(18-5-3-2-4-6-18)17-20(24-21)22-7-8-26-13-15-28-16-14-26/h2-6,17H,7-16H2,1H3,(H,22,23,24). The smallest absolute Gasteiger partial charge is 0.227 e. The minimum absolute atomic E-state index is 0.823. The molecule has 3 heterocycles. The first-order valence-electron chi connectivity index (χ1n) is 10.2. The molecule has 1 aromatic heterocycles. The van der Waals surface area contributed by atoms with Crippen LogP contribution >= 0.6 is 0 Å². The van der Waals surface area contributed by atoms with Gasteiger partial charge in [-0.15, -0.1) is 0 Å². The zero-order chi connectivity index (χ0) is 19.2. The van der Waals surface area contributed by atoms with Gasteiger partial charge in [-0.2, -0.15) is 4.98 Å². The zero-order valence-electron chi connectivity index (χ0n) is 16.7. The van der Waals surface area contributed by atoms with Gasteiger partial charge in [-0.3, -0.25) is 4.90 Å². The minimum Gasteiger partial charge on any atom is -0.379 e. The SMILES string of the molecule is CN1CCN(c2nc(NCCN3CCOCC3)cc(-c3ccccc3)n2)CC1. The van der Waals surface area contributed by atoms with Crippen molar-refractivity contribution < 1.29 is 4.74 Å². The highest BCUT2D eigenvalue weighted by atomic mass is 16.5. The summed E-state index contributed by atoms with van der Waals surface area (Å²) in [5.41, 5.74) is 2.09. The molecular formula is C21H30N6O. The van der Waals surface area contributed by atoms with Gasteiger partial charge in [0.2, 0.25) is 5.95 Å². The van der Waals surface area contributed by atoms with Gasteiger partial charge in [0.1, 0.15) is 5.82 Å². The molecule has 0 radical (unpaired) electrons. The number of nitrogens with one attached hydrogen (secondary N) is 1. The first-order valence-corrected chi connectivity index (χ1v) is 10.2. The molecular weight excluding hydrogens is 352 g/mol. The lowest BCUT2D eigenvalue weighted by atomic mass is 10.1. The number of nitrogens with zero attached hydrogens (tertiary/aromatic N) is 5. The van der Waals surface area contributed by atoms with Gasteiger partial charge in [-0.05, 0) is 7.05 Å². The van der Waals surface area contributed by atoms with Crippen molar-refractivity contribution in [1.29, 1.82) is 0 Å². The van der Waals surface area contributed by atoms with Crippen LogP contribution in [0.25, 0.3) is 11.3 Å². The average molecular weight is 383 g/mol. The van der Waals surface area contributed by atoms with E-state index < -0.39 is 0 Å². The molecule has 4 rings (SSSR count). The fraction of sp³-hybridized carbons (Fsp3) is 0.524. The summed E-state index contributed by atoms with van der Waals surface area (Å²) in [7, 11) is 2.16. The third-order valence-electron chi connectivity index (χ3n) is 5.41. The van der Waals surface area contributed by atoms with E-state index in [0.717, 1.165) is 88.6 Å². The van der Waals surface area contributed by atoms with E-state index in [1.165, 1.54) is 0 Å². The summed E-state index contributed by atoms with van der Waals surface area (Å²) in [5.74, 6) is 1.72. The predicted octanol–water partition coefficient (Wildman–Crippen LogP) is 1.64. The maximum Gasteiger partial charge on any atom is 0.227 e. The maximum atomic E-state index is 5.43. The second kappa shape index (κ2) is 9.32. The molecule has 0 aliphatic carbocycles. The average Bonchev–Trinajstić information content (AvgIpc) is 2.75. The largest absolute Gasteiger partial charge is 0.379 e. The van der Waals surface area contributed by atoms with Gasteiger partial charge in [-0.1, -0.05) is 30.3 Å². The molecule has 2 aliphatic heterocycles. The summed E-state index contributed by atoms with van der Waals surface area (Å²) >= 11 is 0. The van der Waals surface area contributed by atoms with Gasteiger partial charge in [-0.25, -0.2) is 4.98 Å². The Bertz CT molecular complexity index is 742. The highest BCUT2D eigenvalue weighted by Crippen LogP contribution is 2.23. The predicted molar refractivity (Wildman–Crippen MR) is 113 cm³/mol. The molecule has 1 aromatic carbocycles. The Hall–Kier alpha value is -2.22. The molecule has 0 saturated carbocycles. The molecule has 0 bridgehead atoms. The van der Waals surface area contributed by atoms with Gasteiger partial charge in [0.15, 0.2) is 0 Å². The van der Waals surface area contributed by atoms with Crippen molar-refractivity contribution in [2.75, 3.05) is 82.8 Å². The highest BCUT2D eigenvalue weighted by Gasteiger charge is 2.18. The van der Waals surface area contributed by atoms with Crippen molar-refractivity contribution in [3.8, 4) is 11.3 Å². The number of ether oxygens (including phenoxy) is 1. The number of benzene rings is 1. The monoisotopic (exact) mass is 382 g/mol. The van der Waals surface area contributed by atoms with Crippen LogP contribution in [0.4, 0.5) is 11.8 Å². The molecule has 2 saturated heterocycles. The van der Waals surface area contributed by atoms with Crippen molar-refractivity contribution in [2.24, 2.45) is 0 Å². The summed E-state index contributed by atoms with van der Waals surface area (Å²) in [6, 6.07) is 12.4. The van der Waals surface area contributed by atoms with Crippen molar-refractivity contribution in [2.45, 2.75) is 0 Å². The third-order valence-corrected chi connectivity index (χ3v) is 5.41. The lowest BCUT2D eigenvalue weighted by molar-refractivity contribution is 0.0398. The number of aromatic nitrogens is 2. The molecule has 0 amide bonds.